The summed E-state index contributed by atoms with van der Waals surface area (Å²) in [5.74, 6) is 1.71. The van der Waals surface area contributed by atoms with Crippen molar-refractivity contribution in [3.8, 4) is 5.75 Å². The number of aryl methyl sites for hydroxylation is 1. The van der Waals surface area contributed by atoms with Gasteiger partial charge in [-0.2, -0.15) is 0 Å². The highest BCUT2D eigenvalue weighted by molar-refractivity contribution is 7.99. The molecule has 1 aliphatic heterocycles. The van der Waals surface area contributed by atoms with Crippen LogP contribution in [0.2, 0.25) is 0 Å². The van der Waals surface area contributed by atoms with Crippen molar-refractivity contribution in [2.45, 2.75) is 24.7 Å². The quantitative estimate of drug-likeness (QED) is 0.383. The minimum absolute atomic E-state index is 0.133. The number of carbonyl (C=O) groups excluding carboxylic acids is 1. The zero-order chi connectivity index (χ0) is 23.0. The molecule has 33 heavy (non-hydrogen) atoms. The molecule has 1 fully saturated rings. The van der Waals surface area contributed by atoms with Crippen molar-refractivity contribution in [1.82, 2.24) is 9.88 Å². The molecular formula is C25H31N3O3S2. The van der Waals surface area contributed by atoms with Crippen molar-refractivity contribution in [2.75, 3.05) is 57.2 Å². The minimum atomic E-state index is 0.133. The van der Waals surface area contributed by atoms with E-state index in [1.165, 1.54) is 5.56 Å². The van der Waals surface area contributed by atoms with Crippen LogP contribution in [0.15, 0.2) is 47.4 Å². The first kappa shape index (κ1) is 24.0. The lowest BCUT2D eigenvalue weighted by Gasteiger charge is -2.27. The highest BCUT2D eigenvalue weighted by atomic mass is 32.2. The number of thiazole rings is 1. The number of morpholine rings is 1. The third kappa shape index (κ3) is 6.69. The van der Waals surface area contributed by atoms with E-state index in [2.05, 4.69) is 24.0 Å². The molecule has 0 aliphatic carbocycles. The third-order valence-electron chi connectivity index (χ3n) is 5.67. The number of methoxy groups -OCH3 is 1. The fraction of sp³-hybridized carbons (Fsp3) is 0.440. The highest BCUT2D eigenvalue weighted by Crippen LogP contribution is 2.30. The van der Waals surface area contributed by atoms with Gasteiger partial charge in [-0.15, -0.1) is 11.8 Å². The number of amides is 1. The van der Waals surface area contributed by atoms with Gasteiger partial charge in [0.15, 0.2) is 5.13 Å². The van der Waals surface area contributed by atoms with E-state index in [9.17, 15) is 4.79 Å². The van der Waals surface area contributed by atoms with E-state index in [0.29, 0.717) is 13.0 Å². The lowest BCUT2D eigenvalue weighted by atomic mass is 10.2. The Morgan fingerprint density at radius 1 is 1.21 bits per heavy atom. The molecule has 4 rings (SSSR count). The number of anilines is 1. The molecule has 1 saturated heterocycles. The fourth-order valence-electron chi connectivity index (χ4n) is 3.80. The summed E-state index contributed by atoms with van der Waals surface area (Å²) in [6, 6.07) is 14.2. The SMILES string of the molecule is COc1ccc(SCCC(=O)N(CCCN2CCOCC2)c2nc3ccc(C)cc3s2)cc1. The number of nitrogens with zero attached hydrogens (tertiary/aromatic N) is 3. The van der Waals surface area contributed by atoms with Gasteiger partial charge in [-0.25, -0.2) is 4.98 Å². The van der Waals surface area contributed by atoms with Crippen LogP contribution in [0.25, 0.3) is 10.2 Å². The summed E-state index contributed by atoms with van der Waals surface area (Å²) in [5, 5.41) is 0.803. The van der Waals surface area contributed by atoms with Gasteiger partial charge in [-0.1, -0.05) is 17.4 Å². The number of fused-ring (bicyclic) bond motifs is 1. The first-order chi connectivity index (χ1) is 16.1. The second-order valence-corrected chi connectivity index (χ2v) is 10.3. The van der Waals surface area contributed by atoms with Gasteiger partial charge in [-0.3, -0.25) is 14.6 Å². The molecule has 0 unspecified atom stereocenters. The molecule has 3 aromatic rings. The van der Waals surface area contributed by atoms with Crippen molar-refractivity contribution in [1.29, 1.82) is 0 Å². The minimum Gasteiger partial charge on any atom is -0.497 e. The molecule has 1 aromatic heterocycles. The third-order valence-corrected chi connectivity index (χ3v) is 7.72. The summed E-state index contributed by atoms with van der Waals surface area (Å²) in [6.07, 6.45) is 1.40. The zero-order valence-corrected chi connectivity index (χ0v) is 20.9. The number of thioether (sulfide) groups is 1. The van der Waals surface area contributed by atoms with Gasteiger partial charge < -0.3 is 9.47 Å². The topological polar surface area (TPSA) is 54.9 Å². The van der Waals surface area contributed by atoms with Crippen molar-refractivity contribution in [3.63, 3.8) is 0 Å². The molecule has 0 bridgehead atoms. The maximum atomic E-state index is 13.3. The fourth-order valence-corrected chi connectivity index (χ4v) is 5.75. The normalized spacial score (nSPS) is 14.5. The molecule has 0 atom stereocenters. The average molecular weight is 486 g/mol. The van der Waals surface area contributed by atoms with Gasteiger partial charge in [0.2, 0.25) is 5.91 Å². The van der Waals surface area contributed by atoms with Gasteiger partial charge in [-0.05, 0) is 55.3 Å². The number of rotatable bonds is 10. The van der Waals surface area contributed by atoms with Crippen LogP contribution in [0.3, 0.4) is 0 Å². The van der Waals surface area contributed by atoms with Crippen LogP contribution < -0.4 is 9.64 Å². The smallest absolute Gasteiger partial charge is 0.229 e. The molecule has 1 amide bonds. The van der Waals surface area contributed by atoms with Crippen molar-refractivity contribution in [2.24, 2.45) is 0 Å². The Hall–Kier alpha value is -2.13. The first-order valence-corrected chi connectivity index (χ1v) is 13.2. The molecule has 0 saturated carbocycles. The molecule has 8 heteroatoms. The summed E-state index contributed by atoms with van der Waals surface area (Å²) in [6.45, 7) is 7.26. The van der Waals surface area contributed by atoms with E-state index >= 15 is 0 Å². The summed E-state index contributed by atoms with van der Waals surface area (Å²) in [5.41, 5.74) is 2.16. The monoisotopic (exact) mass is 485 g/mol. The number of aromatic nitrogens is 1. The lowest BCUT2D eigenvalue weighted by Crippen LogP contribution is -2.39. The van der Waals surface area contributed by atoms with E-state index in [4.69, 9.17) is 14.5 Å². The Morgan fingerprint density at radius 3 is 2.76 bits per heavy atom. The number of benzene rings is 2. The Labute approximate surface area is 203 Å². The molecule has 1 aliphatic rings. The summed E-state index contributed by atoms with van der Waals surface area (Å²) in [7, 11) is 1.66. The van der Waals surface area contributed by atoms with E-state index in [1.807, 2.05) is 35.2 Å². The van der Waals surface area contributed by atoms with Gasteiger partial charge in [0, 0.05) is 43.2 Å². The van der Waals surface area contributed by atoms with Crippen LogP contribution in [-0.4, -0.2) is 68.0 Å². The highest BCUT2D eigenvalue weighted by Gasteiger charge is 2.20. The molecule has 0 N–H and O–H groups in total. The molecule has 0 spiro atoms. The van der Waals surface area contributed by atoms with Crippen molar-refractivity contribution in [3.05, 3.63) is 48.0 Å². The van der Waals surface area contributed by atoms with Crippen LogP contribution in [0, 0.1) is 6.92 Å². The van der Waals surface area contributed by atoms with Crippen molar-refractivity contribution >= 4 is 44.4 Å². The van der Waals surface area contributed by atoms with Crippen LogP contribution in [0.1, 0.15) is 18.4 Å². The number of hydrogen-bond acceptors (Lipinski definition) is 7. The zero-order valence-electron chi connectivity index (χ0n) is 19.3. The van der Waals surface area contributed by atoms with Crippen LogP contribution in [-0.2, 0) is 9.53 Å². The Balaban J connectivity index is 1.40. The molecule has 0 radical (unpaired) electrons. The van der Waals surface area contributed by atoms with Crippen LogP contribution in [0.4, 0.5) is 5.13 Å². The second-order valence-electron chi connectivity index (χ2n) is 8.09. The van der Waals surface area contributed by atoms with Gasteiger partial charge in [0.05, 0.1) is 30.5 Å². The molecule has 2 aromatic carbocycles. The Kier molecular flexibility index (Phi) is 8.61. The maximum absolute atomic E-state index is 13.3. The number of ether oxygens (including phenoxy) is 2. The predicted octanol–water partition coefficient (Wildman–Crippen LogP) is 4.85. The van der Waals surface area contributed by atoms with Gasteiger partial charge in [0.25, 0.3) is 0 Å². The van der Waals surface area contributed by atoms with E-state index < -0.39 is 0 Å². The van der Waals surface area contributed by atoms with Crippen LogP contribution >= 0.6 is 23.1 Å². The standard InChI is InChI=1S/C25H31N3O3S2/c1-19-4-9-22-23(18-19)33-25(26-22)28(12-3-11-27-13-15-31-16-14-27)24(29)10-17-32-21-7-5-20(30-2)6-8-21/h4-9,18H,3,10-17H2,1-2H3. The van der Waals surface area contributed by atoms with E-state index in [1.54, 1.807) is 30.2 Å². The first-order valence-electron chi connectivity index (χ1n) is 11.4. The predicted molar refractivity (Wildman–Crippen MR) is 137 cm³/mol. The van der Waals surface area contributed by atoms with E-state index in [0.717, 1.165) is 71.0 Å². The number of hydrogen-bond donors (Lipinski definition) is 0. The molecule has 176 valence electrons. The Morgan fingerprint density at radius 2 is 2.00 bits per heavy atom. The van der Waals surface area contributed by atoms with Crippen LogP contribution in [0.5, 0.6) is 5.75 Å². The van der Waals surface area contributed by atoms with E-state index in [-0.39, 0.29) is 5.91 Å². The molecule has 2 heterocycles. The lowest BCUT2D eigenvalue weighted by molar-refractivity contribution is -0.118. The van der Waals surface area contributed by atoms with Gasteiger partial charge >= 0.3 is 0 Å². The maximum Gasteiger partial charge on any atom is 0.229 e. The second kappa shape index (κ2) is 11.8. The van der Waals surface area contributed by atoms with Gasteiger partial charge in [0.1, 0.15) is 5.75 Å². The number of carbonyl (C=O) groups is 1. The summed E-state index contributed by atoms with van der Waals surface area (Å²) >= 11 is 3.30. The molecule has 6 nitrogen and oxygen atoms in total. The largest absolute Gasteiger partial charge is 0.497 e. The average Bonchev–Trinajstić information content (AvgIpc) is 3.25. The Bertz CT molecular complexity index is 1050. The summed E-state index contributed by atoms with van der Waals surface area (Å²) in [4.78, 5) is 23.5. The molecular weight excluding hydrogens is 454 g/mol. The summed E-state index contributed by atoms with van der Waals surface area (Å²) < 4.78 is 11.8. The van der Waals surface area contributed by atoms with Crippen molar-refractivity contribution < 1.29 is 14.3 Å².